The molecule has 0 bridgehead atoms. The molecule has 2 N–H and O–H groups in total. The van der Waals surface area contributed by atoms with Gasteiger partial charge in [-0.3, -0.25) is 4.79 Å². The summed E-state index contributed by atoms with van der Waals surface area (Å²) in [5, 5.41) is 0. The highest BCUT2D eigenvalue weighted by atomic mass is 35.5. The second-order valence-electron chi connectivity index (χ2n) is 5.89. The van der Waals surface area contributed by atoms with Crippen LogP contribution < -0.4 is 5.73 Å². The van der Waals surface area contributed by atoms with Gasteiger partial charge >= 0.3 is 0 Å². The first kappa shape index (κ1) is 18.8. The summed E-state index contributed by atoms with van der Waals surface area (Å²) >= 11 is 1.73. The number of amides is 1. The molecule has 1 amide bonds. The average Bonchev–Trinajstić information content (AvgIpc) is 2.98. The van der Waals surface area contributed by atoms with Gasteiger partial charge in [0.05, 0.1) is 0 Å². The Kier molecular flexibility index (Phi) is 7.16. The topological polar surface area (TPSA) is 46.3 Å². The number of hydrogen-bond acceptors (Lipinski definition) is 3. The largest absolute Gasteiger partial charge is 0.340 e. The molecule has 128 valence electrons. The molecule has 0 saturated carbocycles. The van der Waals surface area contributed by atoms with Gasteiger partial charge in [0, 0.05) is 42.1 Å². The molecule has 1 fully saturated rings. The molecule has 2 aromatic carbocycles. The number of carbonyl (C=O) groups excluding carboxylic acids is 1. The average molecular weight is 363 g/mol. The van der Waals surface area contributed by atoms with E-state index in [-0.39, 0.29) is 30.3 Å². The van der Waals surface area contributed by atoms with Crippen molar-refractivity contribution in [3.63, 3.8) is 0 Å². The molecule has 2 atom stereocenters. The van der Waals surface area contributed by atoms with Crippen LogP contribution in [0, 0.1) is 0 Å². The number of nitrogens with zero attached hydrogens (tertiary/aromatic N) is 1. The van der Waals surface area contributed by atoms with Gasteiger partial charge in [-0.05, 0) is 17.7 Å². The van der Waals surface area contributed by atoms with E-state index in [0.717, 1.165) is 12.3 Å². The Bertz CT molecular complexity index is 638. The minimum absolute atomic E-state index is 0. The first-order chi connectivity index (χ1) is 11.2. The lowest BCUT2D eigenvalue weighted by Crippen LogP contribution is -2.32. The smallest absolute Gasteiger partial charge is 0.223 e. The van der Waals surface area contributed by atoms with Crippen LogP contribution >= 0.6 is 24.2 Å². The molecule has 0 aromatic heterocycles. The van der Waals surface area contributed by atoms with Gasteiger partial charge in [0.2, 0.25) is 5.91 Å². The van der Waals surface area contributed by atoms with E-state index in [4.69, 9.17) is 5.73 Å². The van der Waals surface area contributed by atoms with Gasteiger partial charge in [0.15, 0.2) is 0 Å². The molecule has 1 aliphatic rings. The van der Waals surface area contributed by atoms with Crippen LogP contribution in [0.15, 0.2) is 65.6 Å². The molecule has 1 aliphatic heterocycles. The van der Waals surface area contributed by atoms with Crippen molar-refractivity contribution in [1.29, 1.82) is 0 Å². The molecule has 3 rings (SSSR count). The Balaban J connectivity index is 0.00000208. The van der Waals surface area contributed by atoms with Gasteiger partial charge in [-0.2, -0.15) is 0 Å². The van der Waals surface area contributed by atoms with Gasteiger partial charge in [-0.1, -0.05) is 48.5 Å². The standard InChI is InChI=1S/C19H22N2OS.ClH/c20-18-14-21(13-17(18)15-7-3-1-4-8-15)19(22)11-12-23-16-9-5-2-6-10-16;/h1-10,17-18H,11-14,20H2;1H/t17-,18+;/m0./s1. The molecule has 2 aromatic rings. The number of rotatable bonds is 5. The van der Waals surface area contributed by atoms with E-state index in [2.05, 4.69) is 24.3 Å². The van der Waals surface area contributed by atoms with Crippen molar-refractivity contribution in [2.24, 2.45) is 5.73 Å². The molecular weight excluding hydrogens is 340 g/mol. The van der Waals surface area contributed by atoms with E-state index in [0.29, 0.717) is 13.0 Å². The number of carbonyl (C=O) groups is 1. The van der Waals surface area contributed by atoms with Gasteiger partial charge in [0.1, 0.15) is 0 Å². The summed E-state index contributed by atoms with van der Waals surface area (Å²) in [6, 6.07) is 20.5. The highest BCUT2D eigenvalue weighted by molar-refractivity contribution is 7.99. The quantitative estimate of drug-likeness (QED) is 0.827. The summed E-state index contributed by atoms with van der Waals surface area (Å²) in [6.45, 7) is 1.40. The Labute approximate surface area is 154 Å². The van der Waals surface area contributed by atoms with E-state index in [9.17, 15) is 4.79 Å². The molecule has 3 nitrogen and oxygen atoms in total. The zero-order chi connectivity index (χ0) is 16.1. The monoisotopic (exact) mass is 362 g/mol. The van der Waals surface area contributed by atoms with Gasteiger partial charge in [0.25, 0.3) is 0 Å². The molecule has 0 aliphatic carbocycles. The molecule has 24 heavy (non-hydrogen) atoms. The fourth-order valence-electron chi connectivity index (χ4n) is 3.02. The van der Waals surface area contributed by atoms with E-state index < -0.39 is 0 Å². The maximum Gasteiger partial charge on any atom is 0.223 e. The highest BCUT2D eigenvalue weighted by Crippen LogP contribution is 2.27. The number of thioether (sulfide) groups is 1. The maximum absolute atomic E-state index is 12.4. The first-order valence-electron chi connectivity index (χ1n) is 8.00. The third-order valence-corrected chi connectivity index (χ3v) is 5.29. The lowest BCUT2D eigenvalue weighted by Gasteiger charge is -2.16. The van der Waals surface area contributed by atoms with Gasteiger partial charge in [-0.15, -0.1) is 24.2 Å². The van der Waals surface area contributed by atoms with E-state index in [1.54, 1.807) is 11.8 Å². The van der Waals surface area contributed by atoms with Crippen LogP contribution in [-0.2, 0) is 4.79 Å². The third kappa shape index (κ3) is 4.76. The van der Waals surface area contributed by atoms with Crippen molar-refractivity contribution < 1.29 is 4.79 Å². The third-order valence-electron chi connectivity index (χ3n) is 4.27. The van der Waals surface area contributed by atoms with Crippen LogP contribution in [-0.4, -0.2) is 35.7 Å². The Hall–Kier alpha value is -1.49. The Morgan fingerprint density at radius 3 is 2.33 bits per heavy atom. The number of hydrogen-bond donors (Lipinski definition) is 1. The van der Waals surface area contributed by atoms with Crippen LogP contribution in [0.3, 0.4) is 0 Å². The van der Waals surface area contributed by atoms with E-state index in [1.807, 2.05) is 41.3 Å². The number of likely N-dealkylation sites (tertiary alicyclic amines) is 1. The lowest BCUT2D eigenvalue weighted by molar-refractivity contribution is -0.129. The molecule has 0 unspecified atom stereocenters. The summed E-state index contributed by atoms with van der Waals surface area (Å²) in [5.74, 6) is 1.27. The predicted molar refractivity (Wildman–Crippen MR) is 103 cm³/mol. The summed E-state index contributed by atoms with van der Waals surface area (Å²) in [5.41, 5.74) is 7.49. The van der Waals surface area contributed by atoms with Gasteiger partial charge < -0.3 is 10.6 Å². The fourth-order valence-corrected chi connectivity index (χ4v) is 3.88. The highest BCUT2D eigenvalue weighted by Gasteiger charge is 2.33. The number of halogens is 1. The zero-order valence-electron chi connectivity index (χ0n) is 13.5. The van der Waals surface area contributed by atoms with Crippen molar-refractivity contribution in [2.45, 2.75) is 23.3 Å². The van der Waals surface area contributed by atoms with Crippen LogP contribution in [0.1, 0.15) is 17.9 Å². The summed E-state index contributed by atoms with van der Waals surface area (Å²) in [4.78, 5) is 15.5. The maximum atomic E-state index is 12.4. The van der Waals surface area contributed by atoms with Crippen LogP contribution in [0.2, 0.25) is 0 Å². The van der Waals surface area contributed by atoms with E-state index in [1.165, 1.54) is 10.5 Å². The molecular formula is C19H23ClN2OS. The minimum Gasteiger partial charge on any atom is -0.340 e. The summed E-state index contributed by atoms with van der Waals surface area (Å²) in [7, 11) is 0. The summed E-state index contributed by atoms with van der Waals surface area (Å²) in [6.07, 6.45) is 0.563. The van der Waals surface area contributed by atoms with E-state index >= 15 is 0 Å². The number of nitrogens with two attached hydrogens (primary N) is 1. The van der Waals surface area contributed by atoms with Crippen molar-refractivity contribution in [1.82, 2.24) is 4.90 Å². The van der Waals surface area contributed by atoms with Crippen molar-refractivity contribution in [3.8, 4) is 0 Å². The Morgan fingerprint density at radius 1 is 1.04 bits per heavy atom. The fraction of sp³-hybridized carbons (Fsp3) is 0.316. The minimum atomic E-state index is 0. The van der Waals surface area contributed by atoms with Crippen LogP contribution in [0.4, 0.5) is 0 Å². The van der Waals surface area contributed by atoms with Gasteiger partial charge in [-0.25, -0.2) is 0 Å². The normalized spacial score (nSPS) is 19.8. The molecule has 0 radical (unpaired) electrons. The molecule has 1 saturated heterocycles. The zero-order valence-corrected chi connectivity index (χ0v) is 15.1. The van der Waals surface area contributed by atoms with Crippen LogP contribution in [0.5, 0.6) is 0 Å². The molecule has 5 heteroatoms. The van der Waals surface area contributed by atoms with Crippen molar-refractivity contribution in [2.75, 3.05) is 18.8 Å². The van der Waals surface area contributed by atoms with Crippen molar-refractivity contribution >= 4 is 30.1 Å². The second-order valence-corrected chi connectivity index (χ2v) is 7.06. The first-order valence-corrected chi connectivity index (χ1v) is 8.99. The Morgan fingerprint density at radius 2 is 1.67 bits per heavy atom. The number of benzene rings is 2. The SMILES string of the molecule is Cl.N[C@@H]1CN(C(=O)CCSc2ccccc2)C[C@H]1c1ccccc1. The molecule has 0 spiro atoms. The second kappa shape index (κ2) is 9.11. The predicted octanol–water partition coefficient (Wildman–Crippen LogP) is 3.54. The summed E-state index contributed by atoms with van der Waals surface area (Å²) < 4.78 is 0. The van der Waals surface area contributed by atoms with Crippen LogP contribution in [0.25, 0.3) is 0 Å². The van der Waals surface area contributed by atoms with Crippen molar-refractivity contribution in [3.05, 3.63) is 66.2 Å². The lowest BCUT2D eigenvalue weighted by atomic mass is 9.95. The molecule has 1 heterocycles.